The van der Waals surface area contributed by atoms with E-state index in [-0.39, 0.29) is 0 Å². The van der Waals surface area contributed by atoms with Crippen molar-refractivity contribution in [1.29, 1.82) is 0 Å². The molecule has 0 aromatic carbocycles. The Labute approximate surface area is 86.5 Å². The molecular formula is C11H21N3. The number of hydrogen-bond donors (Lipinski definition) is 1. The molecule has 0 aliphatic heterocycles. The molecule has 0 spiro atoms. The second-order valence-electron chi connectivity index (χ2n) is 4.49. The molecule has 80 valence electrons. The molecule has 0 bridgehead atoms. The van der Waals surface area contributed by atoms with Gasteiger partial charge in [0.05, 0.1) is 12.0 Å². The summed E-state index contributed by atoms with van der Waals surface area (Å²) in [5.41, 5.74) is 1.12. The summed E-state index contributed by atoms with van der Waals surface area (Å²) in [4.78, 5) is 4.34. The highest BCUT2D eigenvalue weighted by Gasteiger charge is 2.01. The topological polar surface area (TPSA) is 29.9 Å². The Morgan fingerprint density at radius 1 is 1.36 bits per heavy atom. The zero-order chi connectivity index (χ0) is 10.6. The quantitative estimate of drug-likeness (QED) is 0.779. The van der Waals surface area contributed by atoms with Crippen LogP contribution in [0.2, 0.25) is 0 Å². The molecule has 3 heteroatoms. The summed E-state index contributed by atoms with van der Waals surface area (Å²) in [6.07, 6.45) is 4.03. The summed E-state index contributed by atoms with van der Waals surface area (Å²) in [7, 11) is 0. The lowest BCUT2D eigenvalue weighted by Crippen LogP contribution is -2.21. The average Bonchev–Trinajstić information content (AvgIpc) is 2.47. The minimum Gasteiger partial charge on any atom is -0.337 e. The van der Waals surface area contributed by atoms with Gasteiger partial charge in [0, 0.05) is 25.3 Å². The first kappa shape index (κ1) is 11.2. The number of hydrogen-bond acceptors (Lipinski definition) is 2. The lowest BCUT2D eigenvalue weighted by atomic mass is 10.2. The zero-order valence-electron chi connectivity index (χ0n) is 9.62. The number of imidazole rings is 1. The van der Waals surface area contributed by atoms with Gasteiger partial charge in [0.25, 0.3) is 0 Å². The van der Waals surface area contributed by atoms with E-state index >= 15 is 0 Å². The van der Waals surface area contributed by atoms with Crippen LogP contribution in [0.4, 0.5) is 0 Å². The van der Waals surface area contributed by atoms with Gasteiger partial charge >= 0.3 is 0 Å². The molecule has 1 aromatic heterocycles. The summed E-state index contributed by atoms with van der Waals surface area (Å²) < 4.78 is 2.15. The van der Waals surface area contributed by atoms with Crippen molar-refractivity contribution >= 4 is 0 Å². The predicted molar refractivity (Wildman–Crippen MR) is 59.0 cm³/mol. The summed E-state index contributed by atoms with van der Waals surface area (Å²) in [5.74, 6) is 0.676. The van der Waals surface area contributed by atoms with Crippen LogP contribution in [0.15, 0.2) is 12.5 Å². The van der Waals surface area contributed by atoms with Crippen molar-refractivity contribution < 1.29 is 0 Å². The lowest BCUT2D eigenvalue weighted by Gasteiger charge is -2.05. The van der Waals surface area contributed by atoms with Crippen LogP contribution in [0, 0.1) is 5.92 Å². The van der Waals surface area contributed by atoms with E-state index in [1.165, 1.54) is 0 Å². The first-order valence-corrected chi connectivity index (χ1v) is 5.32. The Morgan fingerprint density at radius 2 is 2.07 bits per heavy atom. The second-order valence-corrected chi connectivity index (χ2v) is 4.49. The smallest absolute Gasteiger partial charge is 0.0950 e. The van der Waals surface area contributed by atoms with E-state index in [2.05, 4.69) is 48.8 Å². The van der Waals surface area contributed by atoms with E-state index < -0.39 is 0 Å². The van der Waals surface area contributed by atoms with Gasteiger partial charge in [0.15, 0.2) is 0 Å². The lowest BCUT2D eigenvalue weighted by molar-refractivity contribution is 0.521. The molecule has 0 radical (unpaired) electrons. The fourth-order valence-corrected chi connectivity index (χ4v) is 1.33. The van der Waals surface area contributed by atoms with Crippen molar-refractivity contribution in [2.24, 2.45) is 5.92 Å². The molecule has 1 aromatic rings. The highest BCUT2D eigenvalue weighted by molar-refractivity contribution is 4.96. The zero-order valence-corrected chi connectivity index (χ0v) is 9.62. The third kappa shape index (κ3) is 3.92. The fourth-order valence-electron chi connectivity index (χ4n) is 1.33. The number of nitrogens with zero attached hydrogens (tertiary/aromatic N) is 2. The van der Waals surface area contributed by atoms with Crippen molar-refractivity contribution in [2.75, 3.05) is 0 Å². The van der Waals surface area contributed by atoms with Gasteiger partial charge in [0.1, 0.15) is 0 Å². The second kappa shape index (κ2) is 5.15. The summed E-state index contributed by atoms with van der Waals surface area (Å²) >= 11 is 0. The molecular weight excluding hydrogens is 174 g/mol. The molecule has 14 heavy (non-hydrogen) atoms. The Kier molecular flexibility index (Phi) is 4.14. The van der Waals surface area contributed by atoms with Gasteiger partial charge in [-0.1, -0.05) is 27.7 Å². The maximum absolute atomic E-state index is 4.34. The molecule has 0 atom stereocenters. The maximum Gasteiger partial charge on any atom is 0.0950 e. The van der Waals surface area contributed by atoms with E-state index in [1.807, 2.05) is 6.33 Å². The van der Waals surface area contributed by atoms with Gasteiger partial charge in [-0.3, -0.25) is 0 Å². The molecule has 1 N–H and O–H groups in total. The van der Waals surface area contributed by atoms with Crippen molar-refractivity contribution in [3.63, 3.8) is 0 Å². The maximum atomic E-state index is 4.34. The third-order valence-electron chi connectivity index (χ3n) is 1.95. The summed E-state index contributed by atoms with van der Waals surface area (Å²) in [6, 6.07) is 0.519. The van der Waals surface area contributed by atoms with Crippen LogP contribution in [-0.4, -0.2) is 15.6 Å². The van der Waals surface area contributed by atoms with Gasteiger partial charge in [0.2, 0.25) is 0 Å². The Morgan fingerprint density at radius 3 is 2.64 bits per heavy atom. The molecule has 3 nitrogen and oxygen atoms in total. The third-order valence-corrected chi connectivity index (χ3v) is 1.95. The molecule has 0 saturated carbocycles. The normalized spacial score (nSPS) is 11.6. The van der Waals surface area contributed by atoms with Gasteiger partial charge in [-0.2, -0.15) is 0 Å². The van der Waals surface area contributed by atoms with E-state index in [0.29, 0.717) is 12.0 Å². The van der Waals surface area contributed by atoms with Crippen LogP contribution in [-0.2, 0) is 13.1 Å². The Balaban J connectivity index is 2.42. The number of rotatable bonds is 5. The van der Waals surface area contributed by atoms with Crippen LogP contribution in [0.1, 0.15) is 33.4 Å². The van der Waals surface area contributed by atoms with Crippen LogP contribution in [0.3, 0.4) is 0 Å². The highest BCUT2D eigenvalue weighted by atomic mass is 15.0. The minimum absolute atomic E-state index is 0.519. The van der Waals surface area contributed by atoms with Crippen LogP contribution >= 0.6 is 0 Å². The molecule has 0 fully saturated rings. The van der Waals surface area contributed by atoms with Crippen LogP contribution in [0.5, 0.6) is 0 Å². The highest BCUT2D eigenvalue weighted by Crippen LogP contribution is 2.01. The van der Waals surface area contributed by atoms with Gasteiger partial charge in [-0.25, -0.2) is 4.98 Å². The standard InChI is InChI=1S/C11H21N3/c1-9(2)6-14-7-11(13-8-14)5-12-10(3)4/h7-10,12H,5-6H2,1-4H3. The van der Waals surface area contributed by atoms with E-state index in [0.717, 1.165) is 18.8 Å². The Hall–Kier alpha value is -0.830. The first-order chi connectivity index (χ1) is 6.58. The molecule has 0 unspecified atom stereocenters. The van der Waals surface area contributed by atoms with Crippen LogP contribution < -0.4 is 5.32 Å². The summed E-state index contributed by atoms with van der Waals surface area (Å²) in [6.45, 7) is 10.6. The van der Waals surface area contributed by atoms with Gasteiger partial charge < -0.3 is 9.88 Å². The first-order valence-electron chi connectivity index (χ1n) is 5.32. The molecule has 1 heterocycles. The number of nitrogens with one attached hydrogen (secondary N) is 1. The van der Waals surface area contributed by atoms with Crippen molar-refractivity contribution in [2.45, 2.75) is 46.8 Å². The van der Waals surface area contributed by atoms with E-state index in [9.17, 15) is 0 Å². The minimum atomic E-state index is 0.519. The van der Waals surface area contributed by atoms with Crippen molar-refractivity contribution in [1.82, 2.24) is 14.9 Å². The molecule has 0 amide bonds. The van der Waals surface area contributed by atoms with Gasteiger partial charge in [-0.15, -0.1) is 0 Å². The molecule has 0 aliphatic rings. The fraction of sp³-hybridized carbons (Fsp3) is 0.727. The Bertz CT molecular complexity index is 263. The number of aromatic nitrogens is 2. The van der Waals surface area contributed by atoms with Crippen molar-refractivity contribution in [3.05, 3.63) is 18.2 Å². The van der Waals surface area contributed by atoms with Gasteiger partial charge in [-0.05, 0) is 5.92 Å². The molecule has 0 aliphatic carbocycles. The molecule has 1 rings (SSSR count). The van der Waals surface area contributed by atoms with E-state index in [1.54, 1.807) is 0 Å². The summed E-state index contributed by atoms with van der Waals surface area (Å²) in [5, 5.41) is 3.35. The van der Waals surface area contributed by atoms with E-state index in [4.69, 9.17) is 0 Å². The largest absolute Gasteiger partial charge is 0.337 e. The molecule has 0 saturated heterocycles. The average molecular weight is 195 g/mol. The monoisotopic (exact) mass is 195 g/mol. The van der Waals surface area contributed by atoms with Crippen molar-refractivity contribution in [3.8, 4) is 0 Å². The SMILES string of the molecule is CC(C)Cn1cnc(CNC(C)C)c1. The predicted octanol–water partition coefficient (Wildman–Crippen LogP) is 2.04. The van der Waals surface area contributed by atoms with Crippen LogP contribution in [0.25, 0.3) is 0 Å².